The Hall–Kier alpha value is -0.320. The molecule has 2 aromatic rings. The van der Waals surface area contributed by atoms with Gasteiger partial charge in [0.2, 0.25) is 0 Å². The second-order valence-corrected chi connectivity index (χ2v) is 5.57. The fourth-order valence-corrected chi connectivity index (χ4v) is 3.31. The highest BCUT2D eigenvalue weighted by atomic mass is 35.5. The minimum absolute atomic E-state index is 0.118. The van der Waals surface area contributed by atoms with Crippen molar-refractivity contribution >= 4 is 46.1 Å². The summed E-state index contributed by atoms with van der Waals surface area (Å²) >= 11 is 19.7. The number of aromatic nitrogens is 1. The maximum Gasteiger partial charge on any atom is 0.0872 e. The van der Waals surface area contributed by atoms with Crippen LogP contribution in [0.2, 0.25) is 15.1 Å². The molecule has 2 aromatic heterocycles. The van der Waals surface area contributed by atoms with Crippen molar-refractivity contribution < 1.29 is 0 Å². The fourth-order valence-electron chi connectivity index (χ4n) is 1.54. The van der Waals surface area contributed by atoms with Crippen LogP contribution >= 0.6 is 46.1 Å². The van der Waals surface area contributed by atoms with E-state index in [0.29, 0.717) is 15.1 Å². The van der Waals surface area contributed by atoms with Crippen LogP contribution in [-0.2, 0) is 0 Å². The van der Waals surface area contributed by atoms with Gasteiger partial charge < -0.3 is 5.32 Å². The fraction of sp³-hybridized carbons (Fsp3) is 0.182. The van der Waals surface area contributed by atoms with Crippen molar-refractivity contribution in [3.05, 3.63) is 49.3 Å². The van der Waals surface area contributed by atoms with Gasteiger partial charge in [0.05, 0.1) is 26.8 Å². The zero-order valence-corrected chi connectivity index (χ0v) is 12.0. The van der Waals surface area contributed by atoms with E-state index in [1.54, 1.807) is 23.6 Å². The Labute approximate surface area is 119 Å². The Bertz CT molecular complexity index is 527. The molecule has 1 N–H and O–H groups in total. The molecular weight excluding hydrogens is 299 g/mol. The highest BCUT2D eigenvalue weighted by Gasteiger charge is 2.20. The zero-order valence-electron chi connectivity index (χ0n) is 8.88. The number of pyridine rings is 1. The lowest BCUT2D eigenvalue weighted by atomic mass is 10.1. The van der Waals surface area contributed by atoms with Gasteiger partial charge in [0.15, 0.2) is 0 Å². The number of hydrogen-bond acceptors (Lipinski definition) is 3. The van der Waals surface area contributed by atoms with Crippen molar-refractivity contribution in [1.82, 2.24) is 10.3 Å². The molecular formula is C11H9Cl3N2S. The van der Waals surface area contributed by atoms with Gasteiger partial charge in [-0.3, -0.25) is 4.98 Å². The molecule has 0 fully saturated rings. The van der Waals surface area contributed by atoms with Crippen LogP contribution in [0.3, 0.4) is 0 Å². The van der Waals surface area contributed by atoms with Gasteiger partial charge in [0.1, 0.15) is 0 Å². The normalized spacial score (nSPS) is 12.7. The lowest BCUT2D eigenvalue weighted by molar-refractivity contribution is 0.683. The SMILES string of the molecule is CNC(c1ncc(Cl)cc1Cl)c1sccc1Cl. The van der Waals surface area contributed by atoms with E-state index in [-0.39, 0.29) is 6.04 Å². The van der Waals surface area contributed by atoms with Crippen LogP contribution in [0.4, 0.5) is 0 Å². The predicted molar refractivity (Wildman–Crippen MR) is 74.5 cm³/mol. The van der Waals surface area contributed by atoms with Crippen molar-refractivity contribution in [2.24, 2.45) is 0 Å². The molecule has 0 saturated carbocycles. The molecule has 0 radical (unpaired) electrons. The first-order valence-corrected chi connectivity index (χ1v) is 6.86. The summed E-state index contributed by atoms with van der Waals surface area (Å²) in [6.45, 7) is 0. The van der Waals surface area contributed by atoms with Gasteiger partial charge in [-0.05, 0) is 24.6 Å². The summed E-state index contributed by atoms with van der Waals surface area (Å²) in [6, 6.07) is 3.42. The molecule has 0 aromatic carbocycles. The van der Waals surface area contributed by atoms with Crippen LogP contribution in [0.25, 0.3) is 0 Å². The molecule has 1 unspecified atom stereocenters. The topological polar surface area (TPSA) is 24.9 Å². The quantitative estimate of drug-likeness (QED) is 0.908. The van der Waals surface area contributed by atoms with Crippen LogP contribution in [0.15, 0.2) is 23.7 Å². The molecule has 17 heavy (non-hydrogen) atoms. The van der Waals surface area contributed by atoms with Crippen molar-refractivity contribution in [3.63, 3.8) is 0 Å². The molecule has 0 bridgehead atoms. The number of rotatable bonds is 3. The van der Waals surface area contributed by atoms with Gasteiger partial charge >= 0.3 is 0 Å². The summed E-state index contributed by atoms with van der Waals surface area (Å²) in [5.41, 5.74) is 0.725. The molecule has 0 saturated heterocycles. The lowest BCUT2D eigenvalue weighted by Gasteiger charge is -2.16. The van der Waals surface area contributed by atoms with E-state index in [1.165, 1.54) is 0 Å². The van der Waals surface area contributed by atoms with E-state index in [9.17, 15) is 0 Å². The third-order valence-electron chi connectivity index (χ3n) is 2.31. The average Bonchev–Trinajstić information content (AvgIpc) is 2.69. The van der Waals surface area contributed by atoms with Gasteiger partial charge in [0.25, 0.3) is 0 Å². The third kappa shape index (κ3) is 2.75. The Morgan fingerprint density at radius 3 is 2.59 bits per heavy atom. The largest absolute Gasteiger partial charge is 0.307 e. The number of nitrogens with one attached hydrogen (secondary N) is 1. The van der Waals surface area contributed by atoms with Gasteiger partial charge in [0, 0.05) is 11.1 Å². The van der Waals surface area contributed by atoms with E-state index in [0.717, 1.165) is 10.6 Å². The molecule has 2 heterocycles. The summed E-state index contributed by atoms with van der Waals surface area (Å²) in [5.74, 6) is 0. The molecule has 0 spiro atoms. The maximum atomic E-state index is 6.15. The summed E-state index contributed by atoms with van der Waals surface area (Å²) in [5, 5.41) is 6.85. The monoisotopic (exact) mass is 306 g/mol. The first-order chi connectivity index (χ1) is 8.13. The Morgan fingerprint density at radius 2 is 2.06 bits per heavy atom. The zero-order chi connectivity index (χ0) is 12.4. The first-order valence-electron chi connectivity index (χ1n) is 4.84. The molecule has 6 heteroatoms. The second kappa shape index (κ2) is 5.55. The Kier molecular flexibility index (Phi) is 4.28. The van der Waals surface area contributed by atoms with Crippen molar-refractivity contribution in [3.8, 4) is 0 Å². The molecule has 0 aliphatic rings. The summed E-state index contributed by atoms with van der Waals surface area (Å²) in [6.07, 6.45) is 1.58. The van der Waals surface area contributed by atoms with Gasteiger partial charge in [-0.15, -0.1) is 11.3 Å². The van der Waals surface area contributed by atoms with Crippen LogP contribution in [0.1, 0.15) is 16.6 Å². The van der Waals surface area contributed by atoms with Crippen LogP contribution in [-0.4, -0.2) is 12.0 Å². The van der Waals surface area contributed by atoms with Crippen LogP contribution in [0.5, 0.6) is 0 Å². The number of nitrogens with zero attached hydrogens (tertiary/aromatic N) is 1. The summed E-state index contributed by atoms with van der Waals surface area (Å²) < 4.78 is 0. The van der Waals surface area contributed by atoms with E-state index >= 15 is 0 Å². The lowest BCUT2D eigenvalue weighted by Crippen LogP contribution is -2.18. The number of halogens is 3. The number of hydrogen-bond donors (Lipinski definition) is 1. The highest BCUT2D eigenvalue weighted by Crippen LogP contribution is 2.35. The van der Waals surface area contributed by atoms with E-state index in [1.807, 2.05) is 18.5 Å². The molecule has 2 nitrogen and oxygen atoms in total. The van der Waals surface area contributed by atoms with Crippen LogP contribution < -0.4 is 5.32 Å². The minimum atomic E-state index is -0.118. The van der Waals surface area contributed by atoms with Crippen molar-refractivity contribution in [1.29, 1.82) is 0 Å². The second-order valence-electron chi connectivity index (χ2n) is 3.38. The van der Waals surface area contributed by atoms with Gasteiger partial charge in [-0.2, -0.15) is 0 Å². The summed E-state index contributed by atoms with van der Waals surface area (Å²) in [4.78, 5) is 5.26. The maximum absolute atomic E-state index is 6.15. The minimum Gasteiger partial charge on any atom is -0.307 e. The smallest absolute Gasteiger partial charge is 0.0872 e. The highest BCUT2D eigenvalue weighted by molar-refractivity contribution is 7.10. The number of thiophene rings is 1. The van der Waals surface area contributed by atoms with E-state index < -0.39 is 0 Å². The van der Waals surface area contributed by atoms with Gasteiger partial charge in [-0.25, -0.2) is 0 Å². The average molecular weight is 308 g/mol. The molecule has 90 valence electrons. The van der Waals surface area contributed by atoms with Crippen molar-refractivity contribution in [2.45, 2.75) is 6.04 Å². The van der Waals surface area contributed by atoms with E-state index in [4.69, 9.17) is 34.8 Å². The molecule has 0 amide bonds. The molecule has 0 aliphatic carbocycles. The Balaban J connectivity index is 2.46. The third-order valence-corrected chi connectivity index (χ3v) is 4.24. The van der Waals surface area contributed by atoms with Crippen LogP contribution in [0, 0.1) is 0 Å². The predicted octanol–water partition coefficient (Wildman–Crippen LogP) is 4.41. The standard InChI is InChI=1S/C11H9Cl3N2S/c1-15-10(11-7(13)2-3-17-11)9-8(14)4-6(12)5-16-9/h2-5,10,15H,1H3. The summed E-state index contributed by atoms with van der Waals surface area (Å²) in [7, 11) is 1.84. The molecule has 0 aliphatic heterocycles. The molecule has 1 atom stereocenters. The van der Waals surface area contributed by atoms with E-state index in [2.05, 4.69) is 10.3 Å². The van der Waals surface area contributed by atoms with Crippen molar-refractivity contribution in [2.75, 3.05) is 7.05 Å². The first kappa shape index (κ1) is 13.1. The Morgan fingerprint density at radius 1 is 1.29 bits per heavy atom. The van der Waals surface area contributed by atoms with Gasteiger partial charge in [-0.1, -0.05) is 34.8 Å². The molecule has 2 rings (SSSR count).